The van der Waals surface area contributed by atoms with Gasteiger partial charge in [-0.05, 0) is 12.1 Å². The SMILES string of the molecule is CN(CCO)S(=O)c1ccccc1. The Kier molecular flexibility index (Phi) is 4.08. The van der Waals surface area contributed by atoms with Crippen LogP contribution in [0.25, 0.3) is 0 Å². The zero-order chi connectivity index (χ0) is 9.68. The van der Waals surface area contributed by atoms with Gasteiger partial charge in [0.15, 0.2) is 0 Å². The van der Waals surface area contributed by atoms with Crippen molar-refractivity contribution in [2.24, 2.45) is 0 Å². The van der Waals surface area contributed by atoms with E-state index in [1.807, 2.05) is 30.3 Å². The molecule has 0 radical (unpaired) electrons. The lowest BCUT2D eigenvalue weighted by atomic mass is 10.4. The van der Waals surface area contributed by atoms with Gasteiger partial charge in [0.25, 0.3) is 0 Å². The van der Waals surface area contributed by atoms with Crippen molar-refractivity contribution in [3.05, 3.63) is 30.3 Å². The number of aliphatic hydroxyl groups excluding tert-OH is 1. The summed E-state index contributed by atoms with van der Waals surface area (Å²) in [6.45, 7) is 0.441. The molecule has 3 nitrogen and oxygen atoms in total. The fourth-order valence-corrected chi connectivity index (χ4v) is 1.94. The van der Waals surface area contributed by atoms with Gasteiger partial charge in [0, 0.05) is 13.6 Å². The van der Waals surface area contributed by atoms with Gasteiger partial charge in [0.1, 0.15) is 11.0 Å². The lowest BCUT2D eigenvalue weighted by Gasteiger charge is -2.13. The van der Waals surface area contributed by atoms with Crippen LogP contribution >= 0.6 is 0 Å². The number of rotatable bonds is 4. The first-order valence-corrected chi connectivity index (χ1v) is 5.15. The van der Waals surface area contributed by atoms with E-state index in [9.17, 15) is 4.21 Å². The predicted octanol–water partition coefficient (Wildman–Crippen LogP) is 0.633. The summed E-state index contributed by atoms with van der Waals surface area (Å²) in [6, 6.07) is 9.20. The van der Waals surface area contributed by atoms with E-state index < -0.39 is 11.0 Å². The quantitative estimate of drug-likeness (QED) is 0.772. The fourth-order valence-electron chi connectivity index (χ4n) is 0.941. The third-order valence-electron chi connectivity index (χ3n) is 1.64. The topological polar surface area (TPSA) is 40.5 Å². The second-order valence-electron chi connectivity index (χ2n) is 2.64. The summed E-state index contributed by atoms with van der Waals surface area (Å²) in [4.78, 5) is 0.762. The highest BCUT2D eigenvalue weighted by Gasteiger charge is 2.08. The van der Waals surface area contributed by atoms with Gasteiger partial charge in [-0.2, -0.15) is 0 Å². The Bertz CT molecular complexity index is 276. The highest BCUT2D eigenvalue weighted by Crippen LogP contribution is 2.07. The molecule has 0 aliphatic heterocycles. The number of hydrogen-bond acceptors (Lipinski definition) is 2. The Labute approximate surface area is 80.6 Å². The molecule has 4 heteroatoms. The molecule has 72 valence electrons. The molecular weight excluding hydrogens is 186 g/mol. The molecule has 0 fully saturated rings. The van der Waals surface area contributed by atoms with Gasteiger partial charge in [-0.25, -0.2) is 8.51 Å². The molecule has 0 amide bonds. The van der Waals surface area contributed by atoms with E-state index in [-0.39, 0.29) is 6.61 Å². The number of benzene rings is 1. The third kappa shape index (κ3) is 2.91. The maximum absolute atomic E-state index is 11.7. The minimum absolute atomic E-state index is 0.0229. The van der Waals surface area contributed by atoms with Crippen molar-refractivity contribution in [3.63, 3.8) is 0 Å². The van der Waals surface area contributed by atoms with E-state index in [4.69, 9.17) is 5.11 Å². The molecule has 1 aromatic carbocycles. The molecule has 0 heterocycles. The van der Waals surface area contributed by atoms with Gasteiger partial charge in [-0.3, -0.25) is 0 Å². The fraction of sp³-hybridized carbons (Fsp3) is 0.333. The van der Waals surface area contributed by atoms with Crippen LogP contribution in [0.2, 0.25) is 0 Å². The first-order chi connectivity index (χ1) is 6.25. The Morgan fingerprint density at radius 2 is 2.00 bits per heavy atom. The average Bonchev–Trinajstić information content (AvgIpc) is 2.18. The Morgan fingerprint density at radius 3 is 2.54 bits per heavy atom. The van der Waals surface area contributed by atoms with Gasteiger partial charge in [0.2, 0.25) is 0 Å². The second kappa shape index (κ2) is 5.11. The Morgan fingerprint density at radius 1 is 1.38 bits per heavy atom. The number of hydrogen-bond donors (Lipinski definition) is 1. The summed E-state index contributed by atoms with van der Waals surface area (Å²) < 4.78 is 13.3. The van der Waals surface area contributed by atoms with Crippen molar-refractivity contribution in [3.8, 4) is 0 Å². The maximum atomic E-state index is 11.7. The van der Waals surface area contributed by atoms with Gasteiger partial charge < -0.3 is 5.11 Å². The van der Waals surface area contributed by atoms with Crippen molar-refractivity contribution in [2.75, 3.05) is 20.2 Å². The maximum Gasteiger partial charge on any atom is 0.127 e. The minimum Gasteiger partial charge on any atom is -0.395 e. The second-order valence-corrected chi connectivity index (χ2v) is 4.23. The Hall–Kier alpha value is -0.710. The van der Waals surface area contributed by atoms with Crippen molar-refractivity contribution in [2.45, 2.75) is 4.90 Å². The number of nitrogens with zero attached hydrogens (tertiary/aromatic N) is 1. The summed E-state index contributed by atoms with van der Waals surface area (Å²) in [7, 11) is 0.567. The van der Waals surface area contributed by atoms with Crippen molar-refractivity contribution >= 4 is 11.0 Å². The Balaban J connectivity index is 2.68. The van der Waals surface area contributed by atoms with Crippen molar-refractivity contribution < 1.29 is 9.32 Å². The molecule has 1 N–H and O–H groups in total. The highest BCUT2D eigenvalue weighted by molar-refractivity contribution is 7.82. The van der Waals surface area contributed by atoms with E-state index in [1.165, 1.54) is 0 Å². The normalized spacial score (nSPS) is 13.2. The summed E-state index contributed by atoms with van der Waals surface area (Å²) in [5.74, 6) is 0. The molecule has 1 atom stereocenters. The lowest BCUT2D eigenvalue weighted by molar-refractivity contribution is 0.270. The first kappa shape index (κ1) is 10.4. The molecule has 0 aromatic heterocycles. The molecule has 0 bridgehead atoms. The number of likely N-dealkylation sites (N-methyl/N-ethyl adjacent to an activating group) is 1. The standard InChI is InChI=1S/C9H13NO2S/c1-10(7-8-11)13(12)9-5-3-2-4-6-9/h2-6,11H,7-8H2,1H3. The first-order valence-electron chi connectivity index (χ1n) is 4.04. The van der Waals surface area contributed by atoms with Crippen molar-refractivity contribution in [1.82, 2.24) is 4.31 Å². The zero-order valence-electron chi connectivity index (χ0n) is 7.51. The van der Waals surface area contributed by atoms with Crippen LogP contribution in [-0.4, -0.2) is 33.8 Å². The average molecular weight is 199 g/mol. The van der Waals surface area contributed by atoms with Gasteiger partial charge >= 0.3 is 0 Å². The van der Waals surface area contributed by atoms with Crippen LogP contribution in [0.4, 0.5) is 0 Å². The summed E-state index contributed by atoms with van der Waals surface area (Å²) in [5.41, 5.74) is 0. The van der Waals surface area contributed by atoms with Crippen LogP contribution in [0.15, 0.2) is 35.2 Å². The molecule has 0 saturated heterocycles. The summed E-state index contributed by atoms with van der Waals surface area (Å²) in [5, 5.41) is 8.66. The van der Waals surface area contributed by atoms with Crippen LogP contribution in [0.1, 0.15) is 0 Å². The smallest absolute Gasteiger partial charge is 0.127 e. The molecule has 0 aliphatic rings. The summed E-state index contributed by atoms with van der Waals surface area (Å²) >= 11 is 0. The predicted molar refractivity (Wildman–Crippen MR) is 52.6 cm³/mol. The van der Waals surface area contributed by atoms with Crippen molar-refractivity contribution in [1.29, 1.82) is 0 Å². The monoisotopic (exact) mass is 199 g/mol. The zero-order valence-corrected chi connectivity index (χ0v) is 8.33. The van der Waals surface area contributed by atoms with E-state index in [0.717, 1.165) is 4.90 Å². The molecule has 1 aromatic rings. The van der Waals surface area contributed by atoms with Crippen LogP contribution in [-0.2, 0) is 11.0 Å². The van der Waals surface area contributed by atoms with Gasteiger partial charge in [0.05, 0.1) is 11.5 Å². The number of aliphatic hydroxyl groups is 1. The van der Waals surface area contributed by atoms with E-state index in [0.29, 0.717) is 6.54 Å². The van der Waals surface area contributed by atoms with Gasteiger partial charge in [-0.15, -0.1) is 0 Å². The van der Waals surface area contributed by atoms with Crippen LogP contribution < -0.4 is 0 Å². The van der Waals surface area contributed by atoms with E-state index in [1.54, 1.807) is 11.4 Å². The molecule has 0 spiro atoms. The van der Waals surface area contributed by atoms with E-state index in [2.05, 4.69) is 0 Å². The minimum atomic E-state index is -1.15. The van der Waals surface area contributed by atoms with Crippen LogP contribution in [0, 0.1) is 0 Å². The molecule has 0 saturated carbocycles. The molecule has 1 unspecified atom stereocenters. The molecular formula is C9H13NO2S. The molecule has 1 rings (SSSR count). The third-order valence-corrected chi connectivity index (χ3v) is 3.07. The van der Waals surface area contributed by atoms with Crippen LogP contribution in [0.3, 0.4) is 0 Å². The van der Waals surface area contributed by atoms with E-state index >= 15 is 0 Å². The summed E-state index contributed by atoms with van der Waals surface area (Å²) in [6.07, 6.45) is 0. The van der Waals surface area contributed by atoms with Crippen LogP contribution in [0.5, 0.6) is 0 Å². The molecule has 13 heavy (non-hydrogen) atoms. The van der Waals surface area contributed by atoms with Gasteiger partial charge in [-0.1, -0.05) is 18.2 Å². The largest absolute Gasteiger partial charge is 0.395 e. The molecule has 0 aliphatic carbocycles. The highest BCUT2D eigenvalue weighted by atomic mass is 32.2. The lowest BCUT2D eigenvalue weighted by Crippen LogP contribution is -2.24.